The number of fused-ring (bicyclic) bond motifs is 3. The molecule has 0 aromatic heterocycles. The predicted octanol–water partition coefficient (Wildman–Crippen LogP) is 5.16. The molecule has 3 nitrogen and oxygen atoms in total. The van der Waals surface area contributed by atoms with E-state index in [1.165, 1.54) is 28.0 Å². The van der Waals surface area contributed by atoms with Gasteiger partial charge in [0.05, 0.1) is 6.26 Å². The fraction of sp³-hybridized carbons (Fsp3) is 0.478. The second kappa shape index (κ2) is 7.84. The van der Waals surface area contributed by atoms with Crippen molar-refractivity contribution in [3.8, 4) is 0 Å². The number of rotatable bonds is 2. The maximum atomic E-state index is 6.07. The fourth-order valence-corrected chi connectivity index (χ4v) is 4.60. The Balaban J connectivity index is 1.81. The first-order valence-electron chi connectivity index (χ1n) is 10.1. The Labute approximate surface area is 171 Å². The van der Waals surface area contributed by atoms with Crippen LogP contribution in [0.15, 0.2) is 52.4 Å². The standard InChI is InChI=1S/C23H29BrN2O/c1-4-18-14-21-22(15-27-18)20-13-17(24)6-7-19(20)16(2)5-8-23(21)26-11-9-25(3)10-12-26/h6-8,13-16,18H,4-5,9-12H2,1-3H3. The zero-order chi connectivity index (χ0) is 19.0. The highest BCUT2D eigenvalue weighted by Crippen LogP contribution is 2.42. The summed E-state index contributed by atoms with van der Waals surface area (Å²) in [5.41, 5.74) is 6.69. The molecular formula is C23H29BrN2O. The van der Waals surface area contributed by atoms with Gasteiger partial charge in [0.1, 0.15) is 6.10 Å². The number of hydrogen-bond donors (Lipinski definition) is 0. The van der Waals surface area contributed by atoms with Crippen LogP contribution in [0.4, 0.5) is 0 Å². The van der Waals surface area contributed by atoms with Crippen molar-refractivity contribution < 1.29 is 4.74 Å². The Hall–Kier alpha value is -1.52. The number of benzene rings is 1. The van der Waals surface area contributed by atoms with Crippen molar-refractivity contribution in [3.05, 3.63) is 63.5 Å². The average Bonchev–Trinajstić information content (AvgIpc) is 2.68. The molecule has 144 valence electrons. The lowest BCUT2D eigenvalue weighted by molar-refractivity contribution is 0.174. The van der Waals surface area contributed by atoms with Crippen LogP contribution >= 0.6 is 15.9 Å². The summed E-state index contributed by atoms with van der Waals surface area (Å²) in [4.78, 5) is 4.99. The molecule has 0 spiro atoms. The topological polar surface area (TPSA) is 15.7 Å². The molecule has 2 heterocycles. The minimum Gasteiger partial charge on any atom is -0.493 e. The minimum atomic E-state index is 0.159. The summed E-state index contributed by atoms with van der Waals surface area (Å²) in [6, 6.07) is 6.68. The molecule has 1 saturated heterocycles. The van der Waals surface area contributed by atoms with Gasteiger partial charge in [-0.05, 0) is 55.1 Å². The molecule has 2 aliphatic heterocycles. The first-order chi connectivity index (χ1) is 13.1. The smallest absolute Gasteiger partial charge is 0.117 e. The van der Waals surface area contributed by atoms with E-state index < -0.39 is 0 Å². The molecule has 1 aromatic rings. The first-order valence-corrected chi connectivity index (χ1v) is 10.9. The van der Waals surface area contributed by atoms with Crippen molar-refractivity contribution in [2.24, 2.45) is 0 Å². The minimum absolute atomic E-state index is 0.159. The Morgan fingerprint density at radius 1 is 1.15 bits per heavy atom. The van der Waals surface area contributed by atoms with Crippen LogP contribution in [0.5, 0.6) is 0 Å². The van der Waals surface area contributed by atoms with Gasteiger partial charge in [-0.1, -0.05) is 41.9 Å². The van der Waals surface area contributed by atoms with Crippen LogP contribution in [-0.4, -0.2) is 49.1 Å². The van der Waals surface area contributed by atoms with E-state index in [4.69, 9.17) is 4.74 Å². The van der Waals surface area contributed by atoms with Gasteiger partial charge in [0.15, 0.2) is 0 Å². The molecule has 0 bridgehead atoms. The van der Waals surface area contributed by atoms with Gasteiger partial charge in [0, 0.05) is 47.5 Å². The fourth-order valence-electron chi connectivity index (χ4n) is 4.24. The van der Waals surface area contributed by atoms with E-state index in [-0.39, 0.29) is 6.10 Å². The van der Waals surface area contributed by atoms with Gasteiger partial charge in [-0.3, -0.25) is 0 Å². The van der Waals surface area contributed by atoms with Crippen LogP contribution in [0.25, 0.3) is 5.57 Å². The molecule has 2 atom stereocenters. The zero-order valence-corrected chi connectivity index (χ0v) is 18.1. The predicted molar refractivity (Wildman–Crippen MR) is 116 cm³/mol. The lowest BCUT2D eigenvalue weighted by Gasteiger charge is -2.39. The number of nitrogens with zero attached hydrogens (tertiary/aromatic N) is 2. The summed E-state index contributed by atoms with van der Waals surface area (Å²) in [5.74, 6) is 0.488. The van der Waals surface area contributed by atoms with E-state index in [0.29, 0.717) is 5.92 Å². The second-order valence-electron chi connectivity index (χ2n) is 7.94. The normalized spacial score (nSPS) is 25.9. The highest BCUT2D eigenvalue weighted by molar-refractivity contribution is 9.10. The van der Waals surface area contributed by atoms with Crippen LogP contribution in [0.2, 0.25) is 0 Å². The Bertz CT molecular complexity index is 803. The molecule has 27 heavy (non-hydrogen) atoms. The van der Waals surface area contributed by atoms with E-state index in [0.717, 1.165) is 43.5 Å². The number of piperazine rings is 1. The van der Waals surface area contributed by atoms with E-state index in [2.05, 4.69) is 77.0 Å². The molecule has 1 fully saturated rings. The summed E-state index contributed by atoms with van der Waals surface area (Å²) >= 11 is 3.68. The molecule has 1 aliphatic carbocycles. The zero-order valence-electron chi connectivity index (χ0n) is 16.5. The van der Waals surface area contributed by atoms with Crippen LogP contribution in [0.1, 0.15) is 43.7 Å². The first kappa shape index (κ1) is 18.8. The highest BCUT2D eigenvalue weighted by atomic mass is 79.9. The second-order valence-corrected chi connectivity index (χ2v) is 8.86. The van der Waals surface area contributed by atoms with Crippen molar-refractivity contribution >= 4 is 21.5 Å². The molecule has 2 unspecified atom stereocenters. The van der Waals surface area contributed by atoms with Gasteiger partial charge in [0.2, 0.25) is 0 Å². The van der Waals surface area contributed by atoms with Crippen molar-refractivity contribution in [2.45, 2.75) is 38.7 Å². The molecule has 0 amide bonds. The Kier molecular flexibility index (Phi) is 5.47. The number of likely N-dealkylation sites (N-methyl/N-ethyl adjacent to an activating group) is 1. The third-order valence-electron chi connectivity index (χ3n) is 6.03. The maximum Gasteiger partial charge on any atom is 0.117 e. The molecule has 1 aromatic carbocycles. The van der Waals surface area contributed by atoms with Crippen LogP contribution in [0.3, 0.4) is 0 Å². The summed E-state index contributed by atoms with van der Waals surface area (Å²) in [6.45, 7) is 8.94. The van der Waals surface area contributed by atoms with Gasteiger partial charge in [0.25, 0.3) is 0 Å². The molecule has 3 aliphatic rings. The summed E-state index contributed by atoms with van der Waals surface area (Å²) in [5, 5.41) is 0. The SMILES string of the molecule is CCC1C=C2C(=CO1)c1cc(Br)ccc1C(C)CC=C2N1CCN(C)CC1. The quantitative estimate of drug-likeness (QED) is 0.646. The van der Waals surface area contributed by atoms with E-state index in [1.54, 1.807) is 0 Å². The molecule has 4 rings (SSSR count). The monoisotopic (exact) mass is 428 g/mol. The van der Waals surface area contributed by atoms with Crippen LogP contribution in [-0.2, 0) is 4.74 Å². The third-order valence-corrected chi connectivity index (χ3v) is 6.52. The molecule has 4 heteroatoms. The summed E-state index contributed by atoms with van der Waals surface area (Å²) in [7, 11) is 2.21. The van der Waals surface area contributed by atoms with Crippen LogP contribution < -0.4 is 0 Å². The molecular weight excluding hydrogens is 400 g/mol. The van der Waals surface area contributed by atoms with Crippen LogP contribution in [0, 0.1) is 0 Å². The van der Waals surface area contributed by atoms with Crippen molar-refractivity contribution in [1.29, 1.82) is 0 Å². The molecule has 0 saturated carbocycles. The van der Waals surface area contributed by atoms with E-state index in [9.17, 15) is 0 Å². The lowest BCUT2D eigenvalue weighted by Crippen LogP contribution is -2.44. The summed E-state index contributed by atoms with van der Waals surface area (Å²) in [6.07, 6.45) is 9.05. The lowest BCUT2D eigenvalue weighted by atomic mass is 9.82. The molecule has 0 N–H and O–H groups in total. The largest absolute Gasteiger partial charge is 0.493 e. The van der Waals surface area contributed by atoms with Crippen molar-refractivity contribution in [2.75, 3.05) is 33.2 Å². The van der Waals surface area contributed by atoms with E-state index >= 15 is 0 Å². The third kappa shape index (κ3) is 3.74. The van der Waals surface area contributed by atoms with E-state index in [1.807, 2.05) is 6.26 Å². The highest BCUT2D eigenvalue weighted by Gasteiger charge is 2.29. The van der Waals surface area contributed by atoms with Crippen molar-refractivity contribution in [3.63, 3.8) is 0 Å². The van der Waals surface area contributed by atoms with Gasteiger partial charge in [-0.25, -0.2) is 0 Å². The molecule has 0 radical (unpaired) electrons. The number of allylic oxidation sites excluding steroid dienone is 2. The van der Waals surface area contributed by atoms with Gasteiger partial charge < -0.3 is 14.5 Å². The van der Waals surface area contributed by atoms with Crippen molar-refractivity contribution in [1.82, 2.24) is 9.80 Å². The number of ether oxygens (including phenoxy) is 1. The summed E-state index contributed by atoms with van der Waals surface area (Å²) < 4.78 is 7.19. The Morgan fingerprint density at radius 2 is 1.93 bits per heavy atom. The van der Waals surface area contributed by atoms with Gasteiger partial charge in [-0.15, -0.1) is 0 Å². The maximum absolute atomic E-state index is 6.07. The van der Waals surface area contributed by atoms with Gasteiger partial charge >= 0.3 is 0 Å². The Morgan fingerprint density at radius 3 is 2.67 bits per heavy atom. The average molecular weight is 429 g/mol. The number of hydrogen-bond acceptors (Lipinski definition) is 3. The number of halogens is 1. The van der Waals surface area contributed by atoms with Gasteiger partial charge in [-0.2, -0.15) is 0 Å².